The molecule has 4 rings (SSSR count). The SMILES string of the molecule is COc1ccc(C(=O)N2CCN(C(=O)c3ccc(-n4nc(C)c(Cl)c4C)cc3)CC2)cc1OC. The van der Waals surface area contributed by atoms with Crippen LogP contribution in [0.1, 0.15) is 32.1 Å². The van der Waals surface area contributed by atoms with Crippen LogP contribution in [0, 0.1) is 13.8 Å². The van der Waals surface area contributed by atoms with Gasteiger partial charge in [-0.1, -0.05) is 11.6 Å². The van der Waals surface area contributed by atoms with Gasteiger partial charge in [-0.3, -0.25) is 9.59 Å². The van der Waals surface area contributed by atoms with E-state index in [1.165, 1.54) is 7.11 Å². The minimum absolute atomic E-state index is 0.0591. The maximum atomic E-state index is 13.0. The number of aromatic nitrogens is 2. The number of methoxy groups -OCH3 is 2. The molecular weight excluding hydrogens is 456 g/mol. The van der Waals surface area contributed by atoms with E-state index in [1.807, 2.05) is 26.0 Å². The normalized spacial score (nSPS) is 13.7. The molecule has 0 unspecified atom stereocenters. The topological polar surface area (TPSA) is 76.9 Å². The number of hydrogen-bond acceptors (Lipinski definition) is 5. The highest BCUT2D eigenvalue weighted by Crippen LogP contribution is 2.28. The minimum Gasteiger partial charge on any atom is -0.493 e. The molecule has 1 aliphatic heterocycles. The Morgan fingerprint density at radius 3 is 1.85 bits per heavy atom. The number of halogens is 1. The maximum absolute atomic E-state index is 13.0. The van der Waals surface area contributed by atoms with Crippen LogP contribution < -0.4 is 9.47 Å². The van der Waals surface area contributed by atoms with Crippen LogP contribution in [0.15, 0.2) is 42.5 Å². The quantitative estimate of drug-likeness (QED) is 0.553. The van der Waals surface area contributed by atoms with Crippen molar-refractivity contribution in [3.8, 4) is 17.2 Å². The largest absolute Gasteiger partial charge is 0.493 e. The molecule has 0 saturated carbocycles. The van der Waals surface area contributed by atoms with E-state index in [0.717, 1.165) is 17.1 Å². The Kier molecular flexibility index (Phi) is 6.79. The monoisotopic (exact) mass is 482 g/mol. The van der Waals surface area contributed by atoms with Gasteiger partial charge < -0.3 is 19.3 Å². The number of rotatable bonds is 5. The minimum atomic E-state index is -0.0963. The molecule has 0 aliphatic carbocycles. The molecule has 2 heterocycles. The number of ether oxygens (including phenoxy) is 2. The Hall–Kier alpha value is -3.52. The van der Waals surface area contributed by atoms with E-state index >= 15 is 0 Å². The van der Waals surface area contributed by atoms with E-state index in [1.54, 1.807) is 51.9 Å². The molecule has 1 fully saturated rings. The van der Waals surface area contributed by atoms with Crippen LogP contribution in [0.3, 0.4) is 0 Å². The van der Waals surface area contributed by atoms with Crippen LogP contribution in [-0.2, 0) is 0 Å². The van der Waals surface area contributed by atoms with E-state index in [-0.39, 0.29) is 11.8 Å². The highest BCUT2D eigenvalue weighted by molar-refractivity contribution is 6.31. The predicted molar refractivity (Wildman–Crippen MR) is 129 cm³/mol. The number of hydrogen-bond donors (Lipinski definition) is 0. The summed E-state index contributed by atoms with van der Waals surface area (Å²) in [7, 11) is 3.09. The molecule has 1 saturated heterocycles. The molecule has 0 N–H and O–H groups in total. The lowest BCUT2D eigenvalue weighted by atomic mass is 10.1. The lowest BCUT2D eigenvalue weighted by Gasteiger charge is -2.35. The van der Waals surface area contributed by atoms with Crippen LogP contribution >= 0.6 is 11.6 Å². The van der Waals surface area contributed by atoms with Crippen molar-refractivity contribution in [2.75, 3.05) is 40.4 Å². The standard InChI is InChI=1S/C25H27ClN4O4/c1-16-23(26)17(2)30(27-16)20-8-5-18(6-9-20)24(31)28-11-13-29(14-12-28)25(32)19-7-10-21(33-3)22(15-19)34-4/h5-10,15H,11-14H2,1-4H3. The van der Waals surface area contributed by atoms with E-state index in [2.05, 4.69) is 5.10 Å². The average molecular weight is 483 g/mol. The zero-order valence-electron chi connectivity index (χ0n) is 19.7. The molecule has 0 radical (unpaired) electrons. The number of carbonyl (C=O) groups excluding carboxylic acids is 2. The second-order valence-electron chi connectivity index (χ2n) is 8.10. The highest BCUT2D eigenvalue weighted by Gasteiger charge is 2.26. The van der Waals surface area contributed by atoms with E-state index in [4.69, 9.17) is 21.1 Å². The Bertz CT molecular complexity index is 1210. The van der Waals surface area contributed by atoms with Gasteiger partial charge in [-0.2, -0.15) is 5.10 Å². The number of carbonyl (C=O) groups is 2. The van der Waals surface area contributed by atoms with Gasteiger partial charge in [-0.15, -0.1) is 0 Å². The van der Waals surface area contributed by atoms with Crippen LogP contribution in [0.2, 0.25) is 5.02 Å². The first-order chi connectivity index (χ1) is 16.3. The lowest BCUT2D eigenvalue weighted by Crippen LogP contribution is -2.50. The second kappa shape index (κ2) is 9.77. The van der Waals surface area contributed by atoms with E-state index in [0.29, 0.717) is 53.8 Å². The summed E-state index contributed by atoms with van der Waals surface area (Å²) < 4.78 is 12.3. The first-order valence-electron chi connectivity index (χ1n) is 11.0. The van der Waals surface area contributed by atoms with Crippen molar-refractivity contribution in [3.63, 3.8) is 0 Å². The van der Waals surface area contributed by atoms with Gasteiger partial charge in [0.25, 0.3) is 11.8 Å². The highest BCUT2D eigenvalue weighted by atomic mass is 35.5. The second-order valence-corrected chi connectivity index (χ2v) is 8.48. The molecular formula is C25H27ClN4O4. The fourth-order valence-corrected chi connectivity index (χ4v) is 4.19. The summed E-state index contributed by atoms with van der Waals surface area (Å²) in [5.41, 5.74) is 3.58. The van der Waals surface area contributed by atoms with Crippen molar-refractivity contribution in [2.24, 2.45) is 0 Å². The number of aryl methyl sites for hydroxylation is 1. The zero-order valence-corrected chi connectivity index (χ0v) is 20.4. The van der Waals surface area contributed by atoms with E-state index < -0.39 is 0 Å². The third-order valence-corrected chi connectivity index (χ3v) is 6.59. The third-order valence-electron chi connectivity index (χ3n) is 6.05. The first kappa shape index (κ1) is 23.6. The molecule has 9 heteroatoms. The third kappa shape index (κ3) is 4.46. The smallest absolute Gasteiger partial charge is 0.254 e. The summed E-state index contributed by atoms with van der Waals surface area (Å²) in [6, 6.07) is 12.4. The Morgan fingerprint density at radius 1 is 0.824 bits per heavy atom. The van der Waals surface area contributed by atoms with Crippen molar-refractivity contribution < 1.29 is 19.1 Å². The molecule has 0 spiro atoms. The fraction of sp³-hybridized carbons (Fsp3) is 0.320. The van der Waals surface area contributed by atoms with Crippen LogP contribution in [0.25, 0.3) is 5.69 Å². The first-order valence-corrected chi connectivity index (χ1v) is 11.3. The van der Waals surface area contributed by atoms with Crippen molar-refractivity contribution in [1.29, 1.82) is 0 Å². The van der Waals surface area contributed by atoms with Gasteiger partial charge in [0.15, 0.2) is 11.5 Å². The van der Waals surface area contributed by atoms with Gasteiger partial charge in [0, 0.05) is 37.3 Å². The van der Waals surface area contributed by atoms with Crippen LogP contribution in [0.4, 0.5) is 0 Å². The van der Waals surface area contributed by atoms with Crippen molar-refractivity contribution >= 4 is 23.4 Å². The predicted octanol–water partition coefficient (Wildman–Crippen LogP) is 3.76. The summed E-state index contributed by atoms with van der Waals surface area (Å²) in [5.74, 6) is 0.923. The van der Waals surface area contributed by atoms with Crippen molar-refractivity contribution in [2.45, 2.75) is 13.8 Å². The number of benzene rings is 2. The molecule has 34 heavy (non-hydrogen) atoms. The van der Waals surface area contributed by atoms with Gasteiger partial charge in [0.1, 0.15) is 0 Å². The van der Waals surface area contributed by atoms with Gasteiger partial charge in [-0.05, 0) is 56.3 Å². The molecule has 1 aliphatic rings. The molecule has 2 amide bonds. The Labute approximate surface area is 203 Å². The van der Waals surface area contributed by atoms with Gasteiger partial charge in [0.05, 0.1) is 36.3 Å². The summed E-state index contributed by atoms with van der Waals surface area (Å²) in [6.07, 6.45) is 0. The van der Waals surface area contributed by atoms with Gasteiger partial charge in [0.2, 0.25) is 0 Å². The van der Waals surface area contributed by atoms with Crippen molar-refractivity contribution in [3.05, 3.63) is 70.0 Å². The molecule has 3 aromatic rings. The van der Waals surface area contributed by atoms with Gasteiger partial charge in [-0.25, -0.2) is 4.68 Å². The maximum Gasteiger partial charge on any atom is 0.254 e. The fourth-order valence-electron chi connectivity index (χ4n) is 4.07. The van der Waals surface area contributed by atoms with E-state index in [9.17, 15) is 9.59 Å². The Morgan fingerprint density at radius 2 is 1.35 bits per heavy atom. The summed E-state index contributed by atoms with van der Waals surface area (Å²) >= 11 is 6.25. The number of amides is 2. The zero-order chi connectivity index (χ0) is 24.4. The van der Waals surface area contributed by atoms with Gasteiger partial charge >= 0.3 is 0 Å². The summed E-state index contributed by atoms with van der Waals surface area (Å²) in [6.45, 7) is 5.62. The molecule has 2 aromatic carbocycles. The summed E-state index contributed by atoms with van der Waals surface area (Å²) in [5, 5.41) is 5.09. The molecule has 8 nitrogen and oxygen atoms in total. The summed E-state index contributed by atoms with van der Waals surface area (Å²) in [4.78, 5) is 29.5. The van der Waals surface area contributed by atoms with Crippen molar-refractivity contribution in [1.82, 2.24) is 19.6 Å². The molecule has 0 atom stereocenters. The Balaban J connectivity index is 1.40. The molecule has 0 bridgehead atoms. The lowest BCUT2D eigenvalue weighted by molar-refractivity contribution is 0.0535. The number of piperazine rings is 1. The number of nitrogens with zero attached hydrogens (tertiary/aromatic N) is 4. The molecule has 1 aromatic heterocycles. The van der Waals surface area contributed by atoms with Crippen LogP contribution in [0.5, 0.6) is 11.5 Å². The average Bonchev–Trinajstić information content (AvgIpc) is 3.14. The van der Waals surface area contributed by atoms with Crippen LogP contribution in [-0.4, -0.2) is 71.8 Å². The molecule has 178 valence electrons.